The maximum Gasteiger partial charge on any atom is 0.320 e. The summed E-state index contributed by atoms with van der Waals surface area (Å²) in [4.78, 5) is 10.9. The first kappa shape index (κ1) is 11.9. The molecule has 1 unspecified atom stereocenters. The van der Waals surface area contributed by atoms with Gasteiger partial charge in [0.1, 0.15) is 6.04 Å². The van der Waals surface area contributed by atoms with Gasteiger partial charge in [-0.3, -0.25) is 4.79 Å². The maximum absolute atomic E-state index is 10.9. The van der Waals surface area contributed by atoms with E-state index in [0.29, 0.717) is 6.61 Å². The molecule has 0 aromatic heterocycles. The van der Waals surface area contributed by atoms with Crippen molar-refractivity contribution in [3.8, 4) is 0 Å². The van der Waals surface area contributed by atoms with Crippen LogP contribution in [0.4, 0.5) is 0 Å². The molecule has 2 fully saturated rings. The molecule has 1 aliphatic carbocycles. The number of carboxylic acid groups (broad SMARTS) is 1. The molecule has 1 saturated carbocycles. The van der Waals surface area contributed by atoms with Gasteiger partial charge in [-0.25, -0.2) is 0 Å². The Morgan fingerprint density at radius 3 is 2.69 bits per heavy atom. The van der Waals surface area contributed by atoms with Crippen LogP contribution < -0.4 is 5.73 Å². The number of hydrogen-bond acceptors (Lipinski definition) is 3. The summed E-state index contributed by atoms with van der Waals surface area (Å²) in [7, 11) is 0. The molecule has 92 valence electrons. The average Bonchev–Trinajstić information content (AvgIpc) is 2.29. The van der Waals surface area contributed by atoms with Crippen LogP contribution in [-0.2, 0) is 9.53 Å². The van der Waals surface area contributed by atoms with Crippen molar-refractivity contribution in [2.75, 3.05) is 6.61 Å². The number of aliphatic carboxylic acids is 1. The largest absolute Gasteiger partial charge is 0.480 e. The lowest BCUT2D eigenvalue weighted by Crippen LogP contribution is -2.48. The van der Waals surface area contributed by atoms with Gasteiger partial charge in [-0.2, -0.15) is 0 Å². The Balaban J connectivity index is 2.00. The Labute approximate surface area is 96.2 Å². The van der Waals surface area contributed by atoms with Crippen LogP contribution in [-0.4, -0.2) is 29.3 Å². The second kappa shape index (κ2) is 4.72. The van der Waals surface area contributed by atoms with Crippen molar-refractivity contribution in [2.45, 2.75) is 56.6 Å². The maximum atomic E-state index is 10.9. The molecular weight excluding hydrogens is 206 g/mol. The Kier molecular flexibility index (Phi) is 3.50. The average molecular weight is 227 g/mol. The molecule has 4 heteroatoms. The minimum absolute atomic E-state index is 0.0474. The van der Waals surface area contributed by atoms with E-state index >= 15 is 0 Å². The predicted molar refractivity (Wildman–Crippen MR) is 60.1 cm³/mol. The summed E-state index contributed by atoms with van der Waals surface area (Å²) in [5.74, 6) is -0.790. The van der Waals surface area contributed by atoms with E-state index in [2.05, 4.69) is 0 Å². The smallest absolute Gasteiger partial charge is 0.320 e. The van der Waals surface area contributed by atoms with E-state index in [9.17, 15) is 4.79 Å². The lowest BCUT2D eigenvalue weighted by molar-refractivity contribution is -0.147. The lowest BCUT2D eigenvalue weighted by Gasteiger charge is -2.44. The van der Waals surface area contributed by atoms with Crippen LogP contribution >= 0.6 is 0 Å². The summed E-state index contributed by atoms with van der Waals surface area (Å²) in [6, 6.07) is -0.720. The number of carbonyl (C=O) groups is 1. The summed E-state index contributed by atoms with van der Waals surface area (Å²) in [5, 5.41) is 8.96. The van der Waals surface area contributed by atoms with Crippen LogP contribution in [0.25, 0.3) is 0 Å². The van der Waals surface area contributed by atoms with Crippen LogP contribution in [0.15, 0.2) is 0 Å². The first-order chi connectivity index (χ1) is 7.63. The number of rotatable bonds is 2. The molecule has 2 rings (SSSR count). The van der Waals surface area contributed by atoms with Crippen LogP contribution in [0.3, 0.4) is 0 Å². The van der Waals surface area contributed by atoms with Crippen molar-refractivity contribution in [3.63, 3.8) is 0 Å². The van der Waals surface area contributed by atoms with E-state index < -0.39 is 12.0 Å². The molecule has 0 radical (unpaired) electrons. The third-order valence-electron chi connectivity index (χ3n) is 4.09. The number of nitrogens with two attached hydrogens (primary N) is 1. The number of ether oxygens (including phenoxy) is 1. The third kappa shape index (κ3) is 2.38. The van der Waals surface area contributed by atoms with Gasteiger partial charge in [-0.1, -0.05) is 19.3 Å². The first-order valence-electron chi connectivity index (χ1n) is 6.25. The molecule has 4 nitrogen and oxygen atoms in total. The van der Waals surface area contributed by atoms with Crippen molar-refractivity contribution in [1.29, 1.82) is 0 Å². The second-order valence-corrected chi connectivity index (χ2v) is 5.21. The SMILES string of the molecule is N[C@@H](C(=O)O)C1CCOC2(CCCCC2)C1. The zero-order chi connectivity index (χ0) is 11.6. The molecule has 1 saturated heterocycles. The Morgan fingerprint density at radius 1 is 1.38 bits per heavy atom. The minimum atomic E-state index is -0.877. The summed E-state index contributed by atoms with van der Waals surface area (Å²) in [6.07, 6.45) is 7.46. The van der Waals surface area contributed by atoms with Crippen molar-refractivity contribution in [1.82, 2.24) is 0 Å². The van der Waals surface area contributed by atoms with Crippen LogP contribution in [0.1, 0.15) is 44.9 Å². The van der Waals surface area contributed by atoms with E-state index in [1.165, 1.54) is 19.3 Å². The summed E-state index contributed by atoms with van der Waals surface area (Å²) in [6.45, 7) is 0.672. The Bertz CT molecular complexity index is 255. The quantitative estimate of drug-likeness (QED) is 0.750. The molecular formula is C12H21NO3. The normalized spacial score (nSPS) is 31.2. The molecule has 0 amide bonds. The molecule has 16 heavy (non-hydrogen) atoms. The molecule has 0 aromatic rings. The van der Waals surface area contributed by atoms with Gasteiger partial charge in [0, 0.05) is 6.61 Å². The molecule has 1 heterocycles. The van der Waals surface area contributed by atoms with Crippen molar-refractivity contribution in [2.24, 2.45) is 11.7 Å². The van der Waals surface area contributed by atoms with Gasteiger partial charge in [0.25, 0.3) is 0 Å². The highest BCUT2D eigenvalue weighted by atomic mass is 16.5. The van der Waals surface area contributed by atoms with Gasteiger partial charge in [-0.05, 0) is 31.6 Å². The zero-order valence-corrected chi connectivity index (χ0v) is 9.65. The Hall–Kier alpha value is -0.610. The molecule has 0 aromatic carbocycles. The van der Waals surface area contributed by atoms with E-state index in [4.69, 9.17) is 15.6 Å². The van der Waals surface area contributed by atoms with Gasteiger partial charge < -0.3 is 15.6 Å². The van der Waals surface area contributed by atoms with Crippen molar-refractivity contribution >= 4 is 5.97 Å². The van der Waals surface area contributed by atoms with Gasteiger partial charge in [0.2, 0.25) is 0 Å². The predicted octanol–water partition coefficient (Wildman–Crippen LogP) is 1.53. The highest BCUT2D eigenvalue weighted by Crippen LogP contribution is 2.41. The fourth-order valence-electron chi connectivity index (χ4n) is 3.12. The number of carboxylic acids is 1. The standard InChI is InChI=1S/C12H21NO3/c13-10(11(14)15)9-4-7-16-12(8-9)5-2-1-3-6-12/h9-10H,1-8,13H2,(H,14,15)/t9?,10-/m1/s1. The first-order valence-corrected chi connectivity index (χ1v) is 6.25. The van der Waals surface area contributed by atoms with Gasteiger partial charge >= 0.3 is 5.97 Å². The highest BCUT2D eigenvalue weighted by Gasteiger charge is 2.41. The Morgan fingerprint density at radius 2 is 2.06 bits per heavy atom. The van der Waals surface area contributed by atoms with Crippen LogP contribution in [0.2, 0.25) is 0 Å². The van der Waals surface area contributed by atoms with E-state index in [0.717, 1.165) is 25.7 Å². The molecule has 2 aliphatic rings. The molecule has 1 spiro atoms. The molecule has 2 atom stereocenters. The monoisotopic (exact) mass is 227 g/mol. The lowest BCUT2D eigenvalue weighted by atomic mass is 9.74. The van der Waals surface area contributed by atoms with Crippen LogP contribution in [0, 0.1) is 5.92 Å². The van der Waals surface area contributed by atoms with Gasteiger partial charge in [0.05, 0.1) is 5.60 Å². The molecule has 0 bridgehead atoms. The minimum Gasteiger partial charge on any atom is -0.480 e. The summed E-state index contributed by atoms with van der Waals surface area (Å²) in [5.41, 5.74) is 5.68. The van der Waals surface area contributed by atoms with Gasteiger partial charge in [0.15, 0.2) is 0 Å². The van der Waals surface area contributed by atoms with Crippen LogP contribution in [0.5, 0.6) is 0 Å². The molecule has 3 N–H and O–H groups in total. The summed E-state index contributed by atoms with van der Waals surface area (Å²) >= 11 is 0. The van der Waals surface area contributed by atoms with Crippen molar-refractivity contribution in [3.05, 3.63) is 0 Å². The number of hydrogen-bond donors (Lipinski definition) is 2. The molecule has 1 aliphatic heterocycles. The fourth-order valence-corrected chi connectivity index (χ4v) is 3.12. The third-order valence-corrected chi connectivity index (χ3v) is 4.09. The topological polar surface area (TPSA) is 72.6 Å². The fraction of sp³-hybridized carbons (Fsp3) is 0.917. The van der Waals surface area contributed by atoms with E-state index in [-0.39, 0.29) is 11.5 Å². The van der Waals surface area contributed by atoms with Gasteiger partial charge in [-0.15, -0.1) is 0 Å². The zero-order valence-electron chi connectivity index (χ0n) is 9.65. The highest BCUT2D eigenvalue weighted by molar-refractivity contribution is 5.73. The second-order valence-electron chi connectivity index (χ2n) is 5.21. The van der Waals surface area contributed by atoms with E-state index in [1.807, 2.05) is 0 Å². The summed E-state index contributed by atoms with van der Waals surface area (Å²) < 4.78 is 5.92. The van der Waals surface area contributed by atoms with Crippen molar-refractivity contribution < 1.29 is 14.6 Å². The van der Waals surface area contributed by atoms with E-state index in [1.54, 1.807) is 0 Å².